The highest BCUT2D eigenvalue weighted by Crippen LogP contribution is 2.04. The van der Waals surface area contributed by atoms with Gasteiger partial charge in [-0.15, -0.1) is 0 Å². The molecule has 0 saturated heterocycles. The molecular formula is C12H24N2O4. The fourth-order valence-corrected chi connectivity index (χ4v) is 1.32. The Bertz CT molecular complexity index is 236. The quantitative estimate of drug-likeness (QED) is 0.429. The van der Waals surface area contributed by atoms with Gasteiger partial charge in [0.25, 0.3) is 0 Å². The van der Waals surface area contributed by atoms with E-state index >= 15 is 0 Å². The summed E-state index contributed by atoms with van der Waals surface area (Å²) in [5.41, 5.74) is 5.39. The molecular weight excluding hydrogens is 236 g/mol. The minimum Gasteiger partial charge on any atom is -0.481 e. The number of aliphatic carboxylic acids is 1. The number of nitrogens with zero attached hydrogens (tertiary/aromatic N) is 1. The van der Waals surface area contributed by atoms with E-state index in [0.717, 1.165) is 25.7 Å². The molecule has 1 amide bonds. The van der Waals surface area contributed by atoms with Gasteiger partial charge in [-0.1, -0.05) is 13.3 Å². The maximum Gasteiger partial charge on any atom is 0.303 e. The highest BCUT2D eigenvalue weighted by atomic mass is 16.7. The van der Waals surface area contributed by atoms with Crippen LogP contribution in [0.2, 0.25) is 0 Å². The van der Waals surface area contributed by atoms with Crippen molar-refractivity contribution in [1.29, 1.82) is 0 Å². The van der Waals surface area contributed by atoms with Crippen molar-refractivity contribution >= 4 is 11.9 Å². The van der Waals surface area contributed by atoms with Crippen molar-refractivity contribution in [3.05, 3.63) is 0 Å². The first-order chi connectivity index (χ1) is 8.61. The second-order valence-corrected chi connectivity index (χ2v) is 4.07. The number of carbonyl (C=O) groups excluding carboxylic acids is 1. The Hall–Kier alpha value is -1.14. The molecule has 6 heteroatoms. The summed E-state index contributed by atoms with van der Waals surface area (Å²) in [5, 5.41) is 9.83. The number of amides is 1. The summed E-state index contributed by atoms with van der Waals surface area (Å²) in [7, 11) is 0. The van der Waals surface area contributed by atoms with Gasteiger partial charge in [-0.2, -0.15) is 0 Å². The molecule has 0 atom stereocenters. The van der Waals surface area contributed by atoms with Crippen LogP contribution >= 0.6 is 0 Å². The Labute approximate surface area is 108 Å². The molecule has 0 aromatic carbocycles. The van der Waals surface area contributed by atoms with Crippen LogP contribution in [0.25, 0.3) is 0 Å². The second-order valence-electron chi connectivity index (χ2n) is 4.07. The van der Waals surface area contributed by atoms with Crippen molar-refractivity contribution in [3.63, 3.8) is 0 Å². The molecule has 0 heterocycles. The molecule has 0 saturated carbocycles. The molecule has 0 aromatic rings. The van der Waals surface area contributed by atoms with Crippen molar-refractivity contribution < 1.29 is 19.5 Å². The van der Waals surface area contributed by atoms with E-state index in [1.165, 1.54) is 5.06 Å². The lowest BCUT2D eigenvalue weighted by Gasteiger charge is -2.21. The Morgan fingerprint density at radius 1 is 1.22 bits per heavy atom. The largest absolute Gasteiger partial charge is 0.481 e. The zero-order valence-electron chi connectivity index (χ0n) is 11.1. The second kappa shape index (κ2) is 11.0. The molecule has 0 aromatic heterocycles. The first kappa shape index (κ1) is 16.9. The smallest absolute Gasteiger partial charge is 0.303 e. The SMILES string of the molecule is CCCCON(CCCCN)C(=O)CCC(=O)O. The van der Waals surface area contributed by atoms with E-state index in [4.69, 9.17) is 15.7 Å². The number of hydrogen-bond acceptors (Lipinski definition) is 4. The van der Waals surface area contributed by atoms with E-state index in [0.29, 0.717) is 19.7 Å². The lowest BCUT2D eigenvalue weighted by Crippen LogP contribution is -2.33. The summed E-state index contributed by atoms with van der Waals surface area (Å²) in [6, 6.07) is 0. The molecule has 0 spiro atoms. The lowest BCUT2D eigenvalue weighted by atomic mass is 10.2. The average Bonchev–Trinajstić information content (AvgIpc) is 2.34. The Morgan fingerprint density at radius 2 is 1.94 bits per heavy atom. The van der Waals surface area contributed by atoms with Gasteiger partial charge in [0, 0.05) is 13.0 Å². The van der Waals surface area contributed by atoms with E-state index in [2.05, 4.69) is 0 Å². The van der Waals surface area contributed by atoms with E-state index in [1.807, 2.05) is 6.92 Å². The zero-order valence-corrected chi connectivity index (χ0v) is 11.1. The van der Waals surface area contributed by atoms with E-state index in [-0.39, 0.29) is 18.7 Å². The van der Waals surface area contributed by atoms with E-state index < -0.39 is 5.97 Å². The number of carboxylic acid groups (broad SMARTS) is 1. The molecule has 0 aliphatic heterocycles. The number of hydrogen-bond donors (Lipinski definition) is 2. The predicted molar refractivity (Wildman–Crippen MR) is 67.7 cm³/mol. The molecule has 0 aliphatic carbocycles. The molecule has 0 aliphatic rings. The molecule has 18 heavy (non-hydrogen) atoms. The van der Waals surface area contributed by atoms with E-state index in [9.17, 15) is 9.59 Å². The maximum absolute atomic E-state index is 11.7. The van der Waals surface area contributed by atoms with Crippen LogP contribution in [0.15, 0.2) is 0 Å². The summed E-state index contributed by atoms with van der Waals surface area (Å²) in [6.07, 6.45) is 3.26. The van der Waals surface area contributed by atoms with Crippen molar-refractivity contribution in [2.75, 3.05) is 19.7 Å². The Balaban J connectivity index is 4.07. The number of hydroxylamine groups is 2. The Morgan fingerprint density at radius 3 is 2.50 bits per heavy atom. The third-order valence-corrected chi connectivity index (χ3v) is 2.39. The van der Waals surface area contributed by atoms with Gasteiger partial charge in [0.15, 0.2) is 0 Å². The molecule has 0 fully saturated rings. The van der Waals surface area contributed by atoms with Gasteiger partial charge in [0.1, 0.15) is 0 Å². The monoisotopic (exact) mass is 260 g/mol. The van der Waals surface area contributed by atoms with Crippen LogP contribution < -0.4 is 5.73 Å². The van der Waals surface area contributed by atoms with Gasteiger partial charge in [-0.05, 0) is 25.8 Å². The van der Waals surface area contributed by atoms with Gasteiger partial charge in [-0.3, -0.25) is 14.4 Å². The lowest BCUT2D eigenvalue weighted by molar-refractivity contribution is -0.188. The third-order valence-electron chi connectivity index (χ3n) is 2.39. The third kappa shape index (κ3) is 8.95. The molecule has 0 bridgehead atoms. The highest BCUT2D eigenvalue weighted by Gasteiger charge is 2.15. The van der Waals surface area contributed by atoms with Crippen LogP contribution in [-0.2, 0) is 14.4 Å². The van der Waals surface area contributed by atoms with E-state index in [1.54, 1.807) is 0 Å². The molecule has 106 valence electrons. The first-order valence-corrected chi connectivity index (χ1v) is 6.47. The van der Waals surface area contributed by atoms with Crippen molar-refractivity contribution in [2.45, 2.75) is 45.4 Å². The van der Waals surface area contributed by atoms with Crippen molar-refractivity contribution in [2.24, 2.45) is 5.73 Å². The van der Waals surface area contributed by atoms with Gasteiger partial charge in [0.05, 0.1) is 13.0 Å². The number of unbranched alkanes of at least 4 members (excludes halogenated alkanes) is 2. The van der Waals surface area contributed by atoms with Crippen LogP contribution in [0.5, 0.6) is 0 Å². The summed E-state index contributed by atoms with van der Waals surface area (Å²) in [4.78, 5) is 27.5. The first-order valence-electron chi connectivity index (χ1n) is 6.47. The highest BCUT2D eigenvalue weighted by molar-refractivity contribution is 5.79. The summed E-state index contributed by atoms with van der Waals surface area (Å²) in [6.45, 7) is 3.57. The Kier molecular flexibility index (Phi) is 10.3. The minimum absolute atomic E-state index is 0.0237. The van der Waals surface area contributed by atoms with Gasteiger partial charge in [-0.25, -0.2) is 5.06 Å². The van der Waals surface area contributed by atoms with Gasteiger partial charge < -0.3 is 10.8 Å². The standard InChI is InChI=1S/C12H24N2O4/c1-2-3-10-18-14(9-5-4-8-13)11(15)6-7-12(16)17/h2-10,13H2,1H3,(H,16,17). The van der Waals surface area contributed by atoms with Crippen molar-refractivity contribution in [1.82, 2.24) is 5.06 Å². The maximum atomic E-state index is 11.7. The topological polar surface area (TPSA) is 92.9 Å². The molecule has 0 unspecified atom stereocenters. The van der Waals surface area contributed by atoms with Crippen LogP contribution in [0.3, 0.4) is 0 Å². The van der Waals surface area contributed by atoms with Crippen LogP contribution in [-0.4, -0.2) is 41.7 Å². The van der Waals surface area contributed by atoms with Crippen LogP contribution in [0, 0.1) is 0 Å². The predicted octanol–water partition coefficient (Wildman–Crippen LogP) is 1.15. The average molecular weight is 260 g/mol. The fourth-order valence-electron chi connectivity index (χ4n) is 1.32. The van der Waals surface area contributed by atoms with Gasteiger partial charge >= 0.3 is 5.97 Å². The number of nitrogens with two attached hydrogens (primary N) is 1. The van der Waals surface area contributed by atoms with Crippen molar-refractivity contribution in [3.8, 4) is 0 Å². The number of carbonyl (C=O) groups is 2. The normalized spacial score (nSPS) is 10.3. The summed E-state index contributed by atoms with van der Waals surface area (Å²) < 4.78 is 0. The zero-order chi connectivity index (χ0) is 13.8. The number of rotatable bonds is 11. The number of carboxylic acids is 1. The van der Waals surface area contributed by atoms with Gasteiger partial charge in [0.2, 0.25) is 5.91 Å². The summed E-state index contributed by atoms with van der Waals surface area (Å²) >= 11 is 0. The molecule has 6 nitrogen and oxygen atoms in total. The molecule has 0 rings (SSSR count). The molecule has 3 N–H and O–H groups in total. The van der Waals surface area contributed by atoms with Crippen LogP contribution in [0.1, 0.15) is 45.4 Å². The van der Waals surface area contributed by atoms with Crippen LogP contribution in [0.4, 0.5) is 0 Å². The summed E-state index contributed by atoms with van der Waals surface area (Å²) in [5.74, 6) is -1.25. The fraction of sp³-hybridized carbons (Fsp3) is 0.833. The minimum atomic E-state index is -0.973. The molecule has 0 radical (unpaired) electrons.